The zero-order chi connectivity index (χ0) is 12.7. The second kappa shape index (κ2) is 7.71. The van der Waals surface area contributed by atoms with Gasteiger partial charge in [-0.1, -0.05) is 12.1 Å². The molecule has 0 heterocycles. The molecule has 3 N–H and O–H groups in total. The Hall–Kier alpha value is -0.550. The van der Waals surface area contributed by atoms with Crippen LogP contribution in [0.1, 0.15) is 11.6 Å². The minimum absolute atomic E-state index is 0.255. The molecule has 0 bridgehead atoms. The van der Waals surface area contributed by atoms with Gasteiger partial charge in [0.05, 0.1) is 0 Å². The molecule has 1 aromatic carbocycles. The summed E-state index contributed by atoms with van der Waals surface area (Å²) < 4.78 is 0. The highest BCUT2D eigenvalue weighted by Crippen LogP contribution is 2.18. The van der Waals surface area contributed by atoms with E-state index in [1.807, 2.05) is 0 Å². The van der Waals surface area contributed by atoms with Crippen molar-refractivity contribution < 1.29 is 0 Å². The van der Waals surface area contributed by atoms with E-state index < -0.39 is 0 Å². The number of benzene rings is 1. The average molecular weight is 253 g/mol. The van der Waals surface area contributed by atoms with Crippen molar-refractivity contribution in [1.82, 2.24) is 10.2 Å². The standard InChI is InChI=1S/C13H23N3S/c1-16(2)9-8-15-13(10-14)11-4-6-12(17-3)7-5-11/h4-7,13,15H,8-10,14H2,1-3H3. The van der Waals surface area contributed by atoms with Crippen LogP contribution in [0.2, 0.25) is 0 Å². The van der Waals surface area contributed by atoms with Crippen LogP contribution in [0, 0.1) is 0 Å². The second-order valence-electron chi connectivity index (χ2n) is 4.32. The van der Waals surface area contributed by atoms with Crippen LogP contribution in [0.4, 0.5) is 0 Å². The van der Waals surface area contributed by atoms with Crippen molar-refractivity contribution in [3.05, 3.63) is 29.8 Å². The third-order valence-electron chi connectivity index (χ3n) is 2.70. The third kappa shape index (κ3) is 5.08. The van der Waals surface area contributed by atoms with Crippen molar-refractivity contribution in [2.45, 2.75) is 10.9 Å². The van der Waals surface area contributed by atoms with E-state index in [0.29, 0.717) is 6.54 Å². The molecule has 96 valence electrons. The zero-order valence-electron chi connectivity index (χ0n) is 10.9. The van der Waals surface area contributed by atoms with E-state index in [0.717, 1.165) is 13.1 Å². The predicted molar refractivity (Wildman–Crippen MR) is 76.6 cm³/mol. The molecule has 0 saturated carbocycles. The first-order chi connectivity index (χ1) is 8.17. The summed E-state index contributed by atoms with van der Waals surface area (Å²) in [6.45, 7) is 2.62. The number of hydrogen-bond donors (Lipinski definition) is 2. The van der Waals surface area contributed by atoms with Crippen LogP contribution in [0.15, 0.2) is 29.2 Å². The number of thioether (sulfide) groups is 1. The van der Waals surface area contributed by atoms with Gasteiger partial charge in [0.2, 0.25) is 0 Å². The Morgan fingerprint density at radius 2 is 1.94 bits per heavy atom. The van der Waals surface area contributed by atoms with Gasteiger partial charge in [0.1, 0.15) is 0 Å². The van der Waals surface area contributed by atoms with Crippen LogP contribution in [-0.4, -0.2) is 44.9 Å². The van der Waals surface area contributed by atoms with Gasteiger partial charge in [0.25, 0.3) is 0 Å². The van der Waals surface area contributed by atoms with Crippen molar-refractivity contribution in [1.29, 1.82) is 0 Å². The van der Waals surface area contributed by atoms with E-state index in [9.17, 15) is 0 Å². The summed E-state index contributed by atoms with van der Waals surface area (Å²) in [7, 11) is 4.15. The van der Waals surface area contributed by atoms with Gasteiger partial charge < -0.3 is 16.0 Å². The van der Waals surface area contributed by atoms with Gasteiger partial charge in [0.15, 0.2) is 0 Å². The summed E-state index contributed by atoms with van der Waals surface area (Å²) >= 11 is 1.76. The maximum absolute atomic E-state index is 5.81. The molecule has 0 aromatic heterocycles. The summed E-state index contributed by atoms with van der Waals surface area (Å²) in [5, 5.41) is 3.48. The summed E-state index contributed by atoms with van der Waals surface area (Å²) in [5.41, 5.74) is 7.08. The number of nitrogens with zero attached hydrogens (tertiary/aromatic N) is 1. The number of nitrogens with one attached hydrogen (secondary N) is 1. The van der Waals surface area contributed by atoms with Crippen LogP contribution < -0.4 is 11.1 Å². The van der Waals surface area contributed by atoms with Crippen molar-refractivity contribution in [2.75, 3.05) is 40.0 Å². The Labute approximate surface area is 109 Å². The average Bonchev–Trinajstić information content (AvgIpc) is 2.34. The summed E-state index contributed by atoms with van der Waals surface area (Å²) in [6, 6.07) is 8.87. The monoisotopic (exact) mass is 253 g/mol. The molecule has 0 aliphatic rings. The summed E-state index contributed by atoms with van der Waals surface area (Å²) in [5.74, 6) is 0. The molecular formula is C13H23N3S. The molecule has 1 aromatic rings. The van der Waals surface area contributed by atoms with Gasteiger partial charge in [-0.3, -0.25) is 0 Å². The van der Waals surface area contributed by atoms with Crippen LogP contribution in [0.5, 0.6) is 0 Å². The molecule has 0 radical (unpaired) electrons. The van der Waals surface area contributed by atoms with Crippen molar-refractivity contribution in [2.24, 2.45) is 5.73 Å². The van der Waals surface area contributed by atoms with Gasteiger partial charge in [-0.25, -0.2) is 0 Å². The molecule has 0 fully saturated rings. The molecule has 0 amide bonds. The van der Waals surface area contributed by atoms with E-state index in [-0.39, 0.29) is 6.04 Å². The topological polar surface area (TPSA) is 41.3 Å². The summed E-state index contributed by atoms with van der Waals surface area (Å²) in [4.78, 5) is 3.45. The van der Waals surface area contributed by atoms with Crippen LogP contribution in [0.25, 0.3) is 0 Å². The smallest absolute Gasteiger partial charge is 0.0444 e. The van der Waals surface area contributed by atoms with Crippen molar-refractivity contribution in [3.8, 4) is 0 Å². The van der Waals surface area contributed by atoms with Crippen LogP contribution >= 0.6 is 11.8 Å². The highest BCUT2D eigenvalue weighted by molar-refractivity contribution is 7.98. The Morgan fingerprint density at radius 3 is 2.41 bits per heavy atom. The number of rotatable bonds is 7. The number of hydrogen-bond acceptors (Lipinski definition) is 4. The molecule has 0 aliphatic carbocycles. The SMILES string of the molecule is CSc1ccc(C(CN)NCCN(C)C)cc1. The van der Waals surface area contributed by atoms with Gasteiger partial charge >= 0.3 is 0 Å². The lowest BCUT2D eigenvalue weighted by molar-refractivity contribution is 0.385. The van der Waals surface area contributed by atoms with Gasteiger partial charge in [0, 0.05) is 30.6 Å². The van der Waals surface area contributed by atoms with Crippen molar-refractivity contribution in [3.63, 3.8) is 0 Å². The number of likely N-dealkylation sites (N-methyl/N-ethyl adjacent to an activating group) is 1. The molecule has 3 nitrogen and oxygen atoms in total. The largest absolute Gasteiger partial charge is 0.329 e. The minimum Gasteiger partial charge on any atom is -0.329 e. The fourth-order valence-corrected chi connectivity index (χ4v) is 2.04. The first-order valence-electron chi connectivity index (χ1n) is 5.89. The Morgan fingerprint density at radius 1 is 1.29 bits per heavy atom. The molecule has 17 heavy (non-hydrogen) atoms. The maximum atomic E-state index is 5.81. The lowest BCUT2D eigenvalue weighted by atomic mass is 10.1. The summed E-state index contributed by atoms with van der Waals surface area (Å²) in [6.07, 6.45) is 2.09. The molecule has 0 spiro atoms. The van der Waals surface area contributed by atoms with E-state index >= 15 is 0 Å². The number of nitrogens with two attached hydrogens (primary N) is 1. The maximum Gasteiger partial charge on any atom is 0.0444 e. The van der Waals surface area contributed by atoms with Gasteiger partial charge in [-0.15, -0.1) is 11.8 Å². The lowest BCUT2D eigenvalue weighted by Gasteiger charge is -2.19. The van der Waals surface area contributed by atoms with Gasteiger partial charge in [-0.05, 0) is 38.0 Å². The normalized spacial score (nSPS) is 13.0. The molecule has 1 rings (SSSR count). The zero-order valence-corrected chi connectivity index (χ0v) is 11.8. The fraction of sp³-hybridized carbons (Fsp3) is 0.538. The van der Waals surface area contributed by atoms with Crippen LogP contribution in [0.3, 0.4) is 0 Å². The van der Waals surface area contributed by atoms with E-state index in [1.54, 1.807) is 11.8 Å². The molecule has 0 saturated heterocycles. The third-order valence-corrected chi connectivity index (χ3v) is 3.45. The lowest BCUT2D eigenvalue weighted by Crippen LogP contribution is -2.33. The Bertz CT molecular complexity index is 311. The predicted octanol–water partition coefficient (Wildman–Crippen LogP) is 1.56. The quantitative estimate of drug-likeness (QED) is 0.724. The Balaban J connectivity index is 2.53. The highest BCUT2D eigenvalue weighted by Gasteiger charge is 2.08. The fourth-order valence-electron chi connectivity index (χ4n) is 1.64. The molecule has 4 heteroatoms. The molecule has 0 aliphatic heterocycles. The molecule has 1 atom stereocenters. The first kappa shape index (κ1) is 14.5. The van der Waals surface area contributed by atoms with Gasteiger partial charge in [-0.2, -0.15) is 0 Å². The van der Waals surface area contributed by atoms with E-state index in [4.69, 9.17) is 5.73 Å². The molecular weight excluding hydrogens is 230 g/mol. The van der Waals surface area contributed by atoms with Crippen LogP contribution in [-0.2, 0) is 0 Å². The van der Waals surface area contributed by atoms with E-state index in [2.05, 4.69) is 54.8 Å². The van der Waals surface area contributed by atoms with E-state index in [1.165, 1.54) is 10.5 Å². The highest BCUT2D eigenvalue weighted by atomic mass is 32.2. The minimum atomic E-state index is 0.255. The Kier molecular flexibility index (Phi) is 6.58. The molecule has 1 unspecified atom stereocenters. The first-order valence-corrected chi connectivity index (χ1v) is 7.12. The second-order valence-corrected chi connectivity index (χ2v) is 5.20. The van der Waals surface area contributed by atoms with Crippen molar-refractivity contribution >= 4 is 11.8 Å².